The summed E-state index contributed by atoms with van der Waals surface area (Å²) >= 11 is 0. The van der Waals surface area contributed by atoms with Gasteiger partial charge >= 0.3 is 0 Å². The Kier molecular flexibility index (Phi) is 3.37. The average molecular weight is 296 g/mol. The molecule has 1 saturated heterocycles. The number of aliphatic hydroxyl groups excluding tert-OH is 3. The van der Waals surface area contributed by atoms with E-state index < -0.39 is 24.5 Å². The van der Waals surface area contributed by atoms with Crippen molar-refractivity contribution < 1.29 is 20.1 Å². The lowest BCUT2D eigenvalue weighted by atomic mass is 10.1. The standard InChI is InChI=1S/C11H16N6O4/c12-8-5-9(16-11(13)15-8)17(3-14-5)10-7(20)6(19)4(21-10)1-2-18/h3-4,6-7,10,18-20H,1-2H2,(H4,12,13,15,16). The number of nitrogens with two attached hydrogens (primary N) is 2. The third kappa shape index (κ3) is 2.17. The second-order valence-electron chi connectivity index (χ2n) is 4.85. The lowest BCUT2D eigenvalue weighted by Gasteiger charge is -2.16. The number of hydrogen-bond donors (Lipinski definition) is 5. The number of hydrogen-bond acceptors (Lipinski definition) is 9. The first-order valence-electron chi connectivity index (χ1n) is 6.41. The molecule has 0 aromatic carbocycles. The number of nitrogens with zero attached hydrogens (tertiary/aromatic N) is 4. The minimum Gasteiger partial charge on any atom is -0.396 e. The van der Waals surface area contributed by atoms with Crippen LogP contribution in [-0.2, 0) is 4.74 Å². The molecule has 3 heterocycles. The molecule has 21 heavy (non-hydrogen) atoms. The van der Waals surface area contributed by atoms with Gasteiger partial charge in [0.1, 0.15) is 17.7 Å². The van der Waals surface area contributed by atoms with E-state index in [0.717, 1.165) is 0 Å². The maximum absolute atomic E-state index is 10.1. The zero-order valence-corrected chi connectivity index (χ0v) is 11.0. The second-order valence-corrected chi connectivity index (χ2v) is 4.85. The van der Waals surface area contributed by atoms with E-state index >= 15 is 0 Å². The molecule has 0 saturated carbocycles. The average Bonchev–Trinajstić information content (AvgIpc) is 2.96. The summed E-state index contributed by atoms with van der Waals surface area (Å²) in [5.41, 5.74) is 11.9. The van der Waals surface area contributed by atoms with Gasteiger partial charge < -0.3 is 31.5 Å². The van der Waals surface area contributed by atoms with Crippen LogP contribution in [0.25, 0.3) is 11.2 Å². The number of imidazole rings is 1. The number of ether oxygens (including phenoxy) is 1. The number of anilines is 2. The molecule has 0 bridgehead atoms. The molecule has 4 atom stereocenters. The molecule has 0 spiro atoms. The Bertz CT molecular complexity index is 661. The molecule has 2 aromatic rings. The quantitative estimate of drug-likeness (QED) is 0.430. The first-order valence-corrected chi connectivity index (χ1v) is 6.41. The highest BCUT2D eigenvalue weighted by molar-refractivity contribution is 5.82. The van der Waals surface area contributed by atoms with Crippen molar-refractivity contribution in [1.82, 2.24) is 19.5 Å². The van der Waals surface area contributed by atoms with Crippen LogP contribution < -0.4 is 11.5 Å². The zero-order valence-electron chi connectivity index (χ0n) is 11.0. The highest BCUT2D eigenvalue weighted by Crippen LogP contribution is 2.33. The van der Waals surface area contributed by atoms with Gasteiger partial charge in [0.15, 0.2) is 17.7 Å². The van der Waals surface area contributed by atoms with E-state index in [-0.39, 0.29) is 24.8 Å². The van der Waals surface area contributed by atoms with Crippen molar-refractivity contribution in [3.05, 3.63) is 6.33 Å². The van der Waals surface area contributed by atoms with Gasteiger partial charge in [0.25, 0.3) is 0 Å². The summed E-state index contributed by atoms with van der Waals surface area (Å²) in [6, 6.07) is 0. The summed E-state index contributed by atoms with van der Waals surface area (Å²) < 4.78 is 7.02. The Morgan fingerprint density at radius 2 is 2.00 bits per heavy atom. The first-order chi connectivity index (χ1) is 10.0. The van der Waals surface area contributed by atoms with Crippen molar-refractivity contribution in [2.45, 2.75) is 31.0 Å². The van der Waals surface area contributed by atoms with Crippen molar-refractivity contribution in [3.8, 4) is 0 Å². The van der Waals surface area contributed by atoms with Crippen LogP contribution in [-0.4, -0.2) is 59.8 Å². The minimum absolute atomic E-state index is 0.0262. The predicted octanol–water partition coefficient (Wildman–Crippen LogP) is -2.01. The van der Waals surface area contributed by atoms with Crippen LogP contribution in [0.1, 0.15) is 12.6 Å². The minimum atomic E-state index is -1.18. The maximum atomic E-state index is 10.1. The van der Waals surface area contributed by atoms with Crippen LogP contribution in [0, 0.1) is 0 Å². The second kappa shape index (κ2) is 5.07. The molecule has 3 rings (SSSR count). The van der Waals surface area contributed by atoms with E-state index in [0.29, 0.717) is 11.2 Å². The van der Waals surface area contributed by atoms with E-state index in [1.54, 1.807) is 0 Å². The molecule has 114 valence electrons. The van der Waals surface area contributed by atoms with Gasteiger partial charge in [-0.1, -0.05) is 0 Å². The zero-order chi connectivity index (χ0) is 15.1. The normalized spacial score (nSPS) is 29.3. The molecule has 7 N–H and O–H groups in total. The Morgan fingerprint density at radius 3 is 2.71 bits per heavy atom. The Labute approximate surface area is 119 Å². The van der Waals surface area contributed by atoms with Crippen LogP contribution in [0.15, 0.2) is 6.33 Å². The molecule has 0 aliphatic carbocycles. The van der Waals surface area contributed by atoms with Crippen molar-refractivity contribution in [2.75, 3.05) is 18.1 Å². The predicted molar refractivity (Wildman–Crippen MR) is 71.8 cm³/mol. The highest BCUT2D eigenvalue weighted by atomic mass is 16.6. The van der Waals surface area contributed by atoms with Gasteiger partial charge in [-0.15, -0.1) is 0 Å². The van der Waals surface area contributed by atoms with E-state index in [2.05, 4.69) is 15.0 Å². The van der Waals surface area contributed by atoms with Gasteiger partial charge in [0, 0.05) is 6.61 Å². The smallest absolute Gasteiger partial charge is 0.224 e. The van der Waals surface area contributed by atoms with E-state index in [9.17, 15) is 10.2 Å². The number of nitrogen functional groups attached to an aromatic ring is 2. The third-order valence-electron chi connectivity index (χ3n) is 3.49. The van der Waals surface area contributed by atoms with Crippen LogP contribution >= 0.6 is 0 Å². The number of fused-ring (bicyclic) bond motifs is 1. The summed E-state index contributed by atoms with van der Waals surface area (Å²) in [5.74, 6) is 0.0953. The number of aromatic nitrogens is 4. The number of aliphatic hydroxyl groups is 3. The summed E-state index contributed by atoms with van der Waals surface area (Å²) in [6.45, 7) is -0.159. The Morgan fingerprint density at radius 1 is 1.24 bits per heavy atom. The molecular weight excluding hydrogens is 280 g/mol. The van der Waals surface area contributed by atoms with Crippen molar-refractivity contribution >= 4 is 22.9 Å². The summed E-state index contributed by atoms with van der Waals surface area (Å²) in [6.07, 6.45) is -2.27. The molecular formula is C11H16N6O4. The molecule has 0 radical (unpaired) electrons. The molecule has 1 aliphatic heterocycles. The molecule has 10 heteroatoms. The van der Waals surface area contributed by atoms with Gasteiger partial charge in [0.2, 0.25) is 5.95 Å². The van der Waals surface area contributed by atoms with Crippen LogP contribution in [0.4, 0.5) is 11.8 Å². The van der Waals surface area contributed by atoms with Crippen molar-refractivity contribution in [3.63, 3.8) is 0 Å². The van der Waals surface area contributed by atoms with Crippen LogP contribution in [0.2, 0.25) is 0 Å². The summed E-state index contributed by atoms with van der Waals surface area (Å²) in [4.78, 5) is 11.9. The Hall–Kier alpha value is -2.01. The SMILES string of the molecule is Nc1nc(N)c2ncn(C3OC(CCO)C(O)C3O)c2n1. The molecule has 1 aliphatic rings. The summed E-state index contributed by atoms with van der Waals surface area (Å²) in [5, 5.41) is 29.0. The largest absolute Gasteiger partial charge is 0.396 e. The van der Waals surface area contributed by atoms with Gasteiger partial charge in [0.05, 0.1) is 12.4 Å². The molecule has 4 unspecified atom stereocenters. The summed E-state index contributed by atoms with van der Waals surface area (Å²) in [7, 11) is 0. The third-order valence-corrected chi connectivity index (χ3v) is 3.49. The van der Waals surface area contributed by atoms with Crippen LogP contribution in [0.3, 0.4) is 0 Å². The van der Waals surface area contributed by atoms with Gasteiger partial charge in [-0.25, -0.2) is 4.98 Å². The van der Waals surface area contributed by atoms with Gasteiger partial charge in [-0.05, 0) is 6.42 Å². The topological polar surface area (TPSA) is 166 Å². The van der Waals surface area contributed by atoms with Crippen molar-refractivity contribution in [1.29, 1.82) is 0 Å². The fourth-order valence-corrected chi connectivity index (χ4v) is 2.47. The number of rotatable bonds is 3. The maximum Gasteiger partial charge on any atom is 0.224 e. The highest BCUT2D eigenvalue weighted by Gasteiger charge is 2.43. The van der Waals surface area contributed by atoms with E-state index in [4.69, 9.17) is 21.3 Å². The van der Waals surface area contributed by atoms with Gasteiger partial charge in [-0.3, -0.25) is 4.57 Å². The fraction of sp³-hybridized carbons (Fsp3) is 0.545. The monoisotopic (exact) mass is 296 g/mol. The molecule has 10 nitrogen and oxygen atoms in total. The Balaban J connectivity index is 2.01. The fourth-order valence-electron chi connectivity index (χ4n) is 2.47. The molecule has 1 fully saturated rings. The van der Waals surface area contributed by atoms with E-state index in [1.165, 1.54) is 10.9 Å². The molecule has 2 aromatic heterocycles. The van der Waals surface area contributed by atoms with Gasteiger partial charge in [-0.2, -0.15) is 9.97 Å². The molecule has 0 amide bonds. The first kappa shape index (κ1) is 13.9. The van der Waals surface area contributed by atoms with Crippen molar-refractivity contribution in [2.24, 2.45) is 0 Å². The van der Waals surface area contributed by atoms with E-state index in [1.807, 2.05) is 0 Å². The lowest BCUT2D eigenvalue weighted by molar-refractivity contribution is -0.0405. The lowest BCUT2D eigenvalue weighted by Crippen LogP contribution is -2.31. The van der Waals surface area contributed by atoms with Crippen LogP contribution in [0.5, 0.6) is 0 Å².